The zero-order valence-corrected chi connectivity index (χ0v) is 9.12. The van der Waals surface area contributed by atoms with Crippen LogP contribution in [0.2, 0.25) is 10.2 Å². The molecular formula is C9H4Cl2F3NO. The van der Waals surface area contributed by atoms with Crippen molar-refractivity contribution in [2.24, 2.45) is 0 Å². The topological polar surface area (TPSA) is 22.1 Å². The van der Waals surface area contributed by atoms with Gasteiger partial charge in [-0.25, -0.2) is 4.98 Å². The second-order valence-corrected chi connectivity index (χ2v) is 3.36. The number of pyridine rings is 1. The summed E-state index contributed by atoms with van der Waals surface area (Å²) in [6.07, 6.45) is 0.185. The maximum atomic E-state index is 12.5. The van der Waals surface area contributed by atoms with E-state index in [0.717, 1.165) is 6.07 Å². The molecule has 0 N–H and O–H groups in total. The van der Waals surface area contributed by atoms with E-state index in [0.29, 0.717) is 0 Å². The number of ether oxygens (including phenoxy) is 1. The molecule has 0 bridgehead atoms. The van der Waals surface area contributed by atoms with Gasteiger partial charge in [-0.1, -0.05) is 29.1 Å². The molecule has 7 heteroatoms. The number of nitrogens with zero attached hydrogens (tertiary/aromatic N) is 1. The first-order chi connectivity index (χ1) is 7.36. The van der Waals surface area contributed by atoms with Crippen molar-refractivity contribution in [2.75, 3.05) is 6.61 Å². The van der Waals surface area contributed by atoms with E-state index < -0.39 is 22.8 Å². The predicted molar refractivity (Wildman–Crippen MR) is 53.6 cm³/mol. The van der Waals surface area contributed by atoms with Gasteiger partial charge in [0.25, 0.3) is 0 Å². The largest absolute Gasteiger partial charge is 0.479 e. The van der Waals surface area contributed by atoms with Crippen molar-refractivity contribution in [1.82, 2.24) is 4.98 Å². The summed E-state index contributed by atoms with van der Waals surface area (Å²) in [6.45, 7) is -0.317. The summed E-state index contributed by atoms with van der Waals surface area (Å²) in [4.78, 5) is 3.11. The van der Waals surface area contributed by atoms with Crippen LogP contribution < -0.4 is 4.74 Å². The Morgan fingerprint density at radius 1 is 1.44 bits per heavy atom. The van der Waals surface area contributed by atoms with E-state index in [1.165, 1.54) is 0 Å². The highest BCUT2D eigenvalue weighted by molar-refractivity contribution is 6.41. The molecule has 0 fully saturated rings. The lowest BCUT2D eigenvalue weighted by Gasteiger charge is -2.12. The molecule has 0 unspecified atom stereocenters. The molecule has 0 aliphatic carbocycles. The summed E-state index contributed by atoms with van der Waals surface area (Å²) in [6, 6.07) is 0.928. The van der Waals surface area contributed by atoms with E-state index in [9.17, 15) is 13.2 Å². The van der Waals surface area contributed by atoms with Gasteiger partial charge in [0.1, 0.15) is 11.8 Å². The molecule has 86 valence electrons. The zero-order valence-electron chi connectivity index (χ0n) is 7.61. The standard InChI is InChI=1S/C9H4Cl2F3NO/c1-2-3-16-6-4-5(10)8(11)15-7(6)9(12,13)14/h1,4H,3H2. The minimum absolute atomic E-state index is 0.137. The first-order valence-electron chi connectivity index (χ1n) is 3.85. The third kappa shape index (κ3) is 2.94. The summed E-state index contributed by atoms with van der Waals surface area (Å²) in [5.41, 5.74) is -1.25. The highest BCUT2D eigenvalue weighted by atomic mass is 35.5. The Bertz CT molecular complexity index is 440. The predicted octanol–water partition coefficient (Wildman–Crippen LogP) is 3.42. The lowest BCUT2D eigenvalue weighted by atomic mass is 10.3. The summed E-state index contributed by atoms with van der Waals surface area (Å²) in [5, 5.41) is -0.580. The Morgan fingerprint density at radius 2 is 2.06 bits per heavy atom. The molecule has 0 atom stereocenters. The average molecular weight is 270 g/mol. The van der Waals surface area contributed by atoms with Crippen LogP contribution in [0.3, 0.4) is 0 Å². The van der Waals surface area contributed by atoms with E-state index in [-0.39, 0.29) is 11.6 Å². The van der Waals surface area contributed by atoms with Crippen LogP contribution >= 0.6 is 23.2 Å². The van der Waals surface area contributed by atoms with Crippen LogP contribution in [0.4, 0.5) is 13.2 Å². The monoisotopic (exact) mass is 269 g/mol. The molecular weight excluding hydrogens is 266 g/mol. The van der Waals surface area contributed by atoms with Gasteiger partial charge in [-0.05, 0) is 0 Å². The molecule has 0 saturated carbocycles. The highest BCUT2D eigenvalue weighted by Crippen LogP contribution is 2.38. The van der Waals surface area contributed by atoms with Crippen LogP contribution in [0, 0.1) is 12.3 Å². The number of halogens is 5. The van der Waals surface area contributed by atoms with Crippen LogP contribution in [0.15, 0.2) is 6.07 Å². The van der Waals surface area contributed by atoms with Gasteiger partial charge in [0.2, 0.25) is 0 Å². The first-order valence-corrected chi connectivity index (χ1v) is 4.61. The van der Waals surface area contributed by atoms with Crippen molar-refractivity contribution in [3.8, 4) is 18.1 Å². The van der Waals surface area contributed by atoms with Gasteiger partial charge in [-0.3, -0.25) is 0 Å². The number of alkyl halides is 3. The fourth-order valence-corrected chi connectivity index (χ4v) is 1.16. The van der Waals surface area contributed by atoms with Crippen molar-refractivity contribution in [2.45, 2.75) is 6.18 Å². The van der Waals surface area contributed by atoms with E-state index in [4.69, 9.17) is 29.6 Å². The quantitative estimate of drug-likeness (QED) is 0.606. The van der Waals surface area contributed by atoms with Crippen LogP contribution in [0.5, 0.6) is 5.75 Å². The lowest BCUT2D eigenvalue weighted by molar-refractivity contribution is -0.142. The van der Waals surface area contributed by atoms with Gasteiger partial charge in [-0.15, -0.1) is 6.42 Å². The van der Waals surface area contributed by atoms with E-state index in [2.05, 4.69) is 9.72 Å². The molecule has 0 radical (unpaired) electrons. The fourth-order valence-electron chi connectivity index (χ4n) is 0.882. The molecule has 0 aliphatic rings. The van der Waals surface area contributed by atoms with Crippen molar-refractivity contribution >= 4 is 23.2 Å². The minimum atomic E-state index is -4.68. The third-order valence-electron chi connectivity index (χ3n) is 1.48. The van der Waals surface area contributed by atoms with E-state index >= 15 is 0 Å². The van der Waals surface area contributed by atoms with Gasteiger partial charge < -0.3 is 4.74 Å². The smallest absolute Gasteiger partial charge is 0.437 e. The van der Waals surface area contributed by atoms with Crippen LogP contribution in [0.25, 0.3) is 0 Å². The van der Waals surface area contributed by atoms with Crippen LogP contribution in [-0.2, 0) is 6.18 Å². The van der Waals surface area contributed by atoms with E-state index in [1.54, 1.807) is 0 Å². The second kappa shape index (κ2) is 4.81. The minimum Gasteiger partial charge on any atom is -0.479 e. The number of rotatable bonds is 2. The molecule has 2 nitrogen and oxygen atoms in total. The Kier molecular flexibility index (Phi) is 3.89. The Balaban J connectivity index is 3.23. The maximum Gasteiger partial charge on any atom is 0.437 e. The van der Waals surface area contributed by atoms with Gasteiger partial charge in [0, 0.05) is 6.07 Å². The molecule has 0 spiro atoms. The van der Waals surface area contributed by atoms with Gasteiger partial charge in [0.05, 0.1) is 5.02 Å². The van der Waals surface area contributed by atoms with Crippen molar-refractivity contribution < 1.29 is 17.9 Å². The Morgan fingerprint density at radius 3 is 2.56 bits per heavy atom. The number of hydrogen-bond donors (Lipinski definition) is 0. The highest BCUT2D eigenvalue weighted by Gasteiger charge is 2.37. The summed E-state index contributed by atoms with van der Waals surface area (Å²) >= 11 is 10.9. The van der Waals surface area contributed by atoms with Crippen molar-refractivity contribution in [3.05, 3.63) is 21.9 Å². The van der Waals surface area contributed by atoms with Gasteiger partial charge in [-0.2, -0.15) is 13.2 Å². The summed E-state index contributed by atoms with van der Waals surface area (Å²) < 4.78 is 42.2. The normalized spacial score (nSPS) is 11.0. The molecule has 0 aliphatic heterocycles. The first kappa shape index (κ1) is 12.9. The van der Waals surface area contributed by atoms with Crippen LogP contribution in [-0.4, -0.2) is 11.6 Å². The summed E-state index contributed by atoms with van der Waals surface area (Å²) in [5.74, 6) is 1.49. The maximum absolute atomic E-state index is 12.5. The summed E-state index contributed by atoms with van der Waals surface area (Å²) in [7, 11) is 0. The molecule has 0 saturated heterocycles. The lowest BCUT2D eigenvalue weighted by Crippen LogP contribution is -2.11. The molecule has 1 rings (SSSR count). The molecule has 1 aromatic heterocycles. The number of aromatic nitrogens is 1. The van der Waals surface area contributed by atoms with Crippen molar-refractivity contribution in [3.63, 3.8) is 0 Å². The van der Waals surface area contributed by atoms with Gasteiger partial charge in [0.15, 0.2) is 11.4 Å². The fraction of sp³-hybridized carbons (Fsp3) is 0.222. The molecule has 1 aromatic rings. The SMILES string of the molecule is C#CCOc1cc(Cl)c(Cl)nc1C(F)(F)F. The zero-order chi connectivity index (χ0) is 12.3. The second-order valence-electron chi connectivity index (χ2n) is 2.60. The molecule has 0 amide bonds. The average Bonchev–Trinajstić information content (AvgIpc) is 2.17. The molecule has 1 heterocycles. The number of hydrogen-bond acceptors (Lipinski definition) is 2. The van der Waals surface area contributed by atoms with E-state index in [1.807, 2.05) is 5.92 Å². The Hall–Kier alpha value is -1.12. The molecule has 16 heavy (non-hydrogen) atoms. The van der Waals surface area contributed by atoms with Crippen molar-refractivity contribution in [1.29, 1.82) is 0 Å². The number of terminal acetylenes is 1. The Labute approximate surface area is 99.3 Å². The van der Waals surface area contributed by atoms with Crippen LogP contribution in [0.1, 0.15) is 5.69 Å². The van der Waals surface area contributed by atoms with Gasteiger partial charge >= 0.3 is 6.18 Å². The molecule has 0 aromatic carbocycles. The third-order valence-corrected chi connectivity index (χ3v) is 2.15.